The van der Waals surface area contributed by atoms with Crippen LogP contribution in [0.4, 0.5) is 0 Å². The quantitative estimate of drug-likeness (QED) is 0.786. The standard InChI is InChI=1S/C18H29N3O/c1(12-21-13-10-20-11-14-21)15-22-18-4-2-16(3-5-18)17-6-8-19-9-7-17/h2-5,17,19-20H,1,6-15H2. The van der Waals surface area contributed by atoms with Gasteiger partial charge in [-0.15, -0.1) is 0 Å². The molecule has 2 aliphatic heterocycles. The highest BCUT2D eigenvalue weighted by atomic mass is 16.5. The van der Waals surface area contributed by atoms with Crippen molar-refractivity contribution >= 4 is 0 Å². The number of nitrogens with one attached hydrogen (secondary N) is 2. The number of rotatable bonds is 6. The first kappa shape index (κ1) is 15.8. The fourth-order valence-electron chi connectivity index (χ4n) is 3.40. The lowest BCUT2D eigenvalue weighted by atomic mass is 9.90. The highest BCUT2D eigenvalue weighted by molar-refractivity contribution is 5.29. The van der Waals surface area contributed by atoms with Crippen LogP contribution in [0.25, 0.3) is 0 Å². The molecule has 2 N–H and O–H groups in total. The SMILES string of the molecule is c1cc(C2CCNCC2)ccc1OCCCN1CCNCC1. The largest absolute Gasteiger partial charge is 0.494 e. The molecule has 0 unspecified atom stereocenters. The number of piperazine rings is 1. The highest BCUT2D eigenvalue weighted by Gasteiger charge is 2.14. The summed E-state index contributed by atoms with van der Waals surface area (Å²) < 4.78 is 5.88. The Bertz CT molecular complexity index is 422. The Morgan fingerprint density at radius 3 is 2.36 bits per heavy atom. The van der Waals surface area contributed by atoms with E-state index in [1.54, 1.807) is 0 Å². The highest BCUT2D eigenvalue weighted by Crippen LogP contribution is 2.26. The average Bonchev–Trinajstić information content (AvgIpc) is 2.61. The Morgan fingerprint density at radius 2 is 1.64 bits per heavy atom. The van der Waals surface area contributed by atoms with Gasteiger partial charge in [-0.25, -0.2) is 0 Å². The third kappa shape index (κ3) is 4.70. The summed E-state index contributed by atoms with van der Waals surface area (Å²) in [6.45, 7) is 8.85. The fraction of sp³-hybridized carbons (Fsp3) is 0.667. The molecule has 4 nitrogen and oxygen atoms in total. The lowest BCUT2D eigenvalue weighted by Crippen LogP contribution is -2.43. The maximum atomic E-state index is 5.88. The third-order valence-corrected chi connectivity index (χ3v) is 4.79. The molecule has 0 aromatic heterocycles. The van der Waals surface area contributed by atoms with E-state index in [-0.39, 0.29) is 0 Å². The van der Waals surface area contributed by atoms with E-state index in [1.165, 1.54) is 31.5 Å². The topological polar surface area (TPSA) is 36.5 Å². The zero-order valence-electron chi connectivity index (χ0n) is 13.5. The molecule has 2 heterocycles. The molecule has 0 spiro atoms. The molecule has 0 radical (unpaired) electrons. The van der Waals surface area contributed by atoms with Gasteiger partial charge in [-0.3, -0.25) is 0 Å². The van der Waals surface area contributed by atoms with Crippen molar-refractivity contribution in [3.63, 3.8) is 0 Å². The molecule has 0 amide bonds. The third-order valence-electron chi connectivity index (χ3n) is 4.79. The van der Waals surface area contributed by atoms with Gasteiger partial charge < -0.3 is 20.3 Å². The average molecular weight is 303 g/mol. The van der Waals surface area contributed by atoms with Crippen LogP contribution in [-0.4, -0.2) is 57.3 Å². The van der Waals surface area contributed by atoms with Crippen molar-refractivity contribution in [1.29, 1.82) is 0 Å². The molecular formula is C18H29N3O. The molecule has 0 atom stereocenters. The van der Waals surface area contributed by atoms with Crippen molar-refractivity contribution in [2.45, 2.75) is 25.2 Å². The van der Waals surface area contributed by atoms with Gasteiger partial charge in [0, 0.05) is 32.7 Å². The predicted octanol–water partition coefficient (Wildman–Crippen LogP) is 1.83. The van der Waals surface area contributed by atoms with Crippen molar-refractivity contribution in [3.05, 3.63) is 29.8 Å². The van der Waals surface area contributed by atoms with Crippen molar-refractivity contribution in [1.82, 2.24) is 15.5 Å². The number of nitrogens with zero attached hydrogens (tertiary/aromatic N) is 1. The Balaban J connectivity index is 1.37. The molecule has 1 aromatic rings. The van der Waals surface area contributed by atoms with Crippen molar-refractivity contribution in [3.8, 4) is 5.75 Å². The number of benzene rings is 1. The van der Waals surface area contributed by atoms with Crippen molar-refractivity contribution < 1.29 is 4.74 Å². The Morgan fingerprint density at radius 1 is 0.955 bits per heavy atom. The molecule has 3 rings (SSSR count). The van der Waals surface area contributed by atoms with E-state index in [4.69, 9.17) is 4.74 Å². The summed E-state index contributed by atoms with van der Waals surface area (Å²) in [7, 11) is 0. The van der Waals surface area contributed by atoms with Gasteiger partial charge in [-0.05, 0) is 56.0 Å². The lowest BCUT2D eigenvalue weighted by molar-refractivity contribution is 0.214. The van der Waals surface area contributed by atoms with Gasteiger partial charge in [0.1, 0.15) is 5.75 Å². The Kier molecular flexibility index (Phi) is 6.11. The summed E-state index contributed by atoms with van der Waals surface area (Å²) in [5.74, 6) is 1.74. The minimum Gasteiger partial charge on any atom is -0.494 e. The van der Waals surface area contributed by atoms with Gasteiger partial charge in [0.05, 0.1) is 6.61 Å². The van der Waals surface area contributed by atoms with E-state index < -0.39 is 0 Å². The molecule has 2 fully saturated rings. The lowest BCUT2D eigenvalue weighted by Gasteiger charge is -2.27. The summed E-state index contributed by atoms with van der Waals surface area (Å²) in [6, 6.07) is 8.79. The van der Waals surface area contributed by atoms with E-state index in [2.05, 4.69) is 39.8 Å². The number of hydrogen-bond acceptors (Lipinski definition) is 4. The first-order valence-corrected chi connectivity index (χ1v) is 8.78. The summed E-state index contributed by atoms with van der Waals surface area (Å²) in [5.41, 5.74) is 1.47. The number of piperidine rings is 1. The van der Waals surface area contributed by atoms with E-state index in [0.29, 0.717) is 0 Å². The van der Waals surface area contributed by atoms with Gasteiger partial charge >= 0.3 is 0 Å². The van der Waals surface area contributed by atoms with Crippen LogP contribution in [0.3, 0.4) is 0 Å². The first-order chi connectivity index (χ1) is 10.9. The molecule has 1 aromatic carbocycles. The van der Waals surface area contributed by atoms with Crippen molar-refractivity contribution in [2.24, 2.45) is 0 Å². The van der Waals surface area contributed by atoms with Gasteiger partial charge in [0.15, 0.2) is 0 Å². The van der Waals surface area contributed by atoms with Gasteiger partial charge in [-0.1, -0.05) is 12.1 Å². The summed E-state index contributed by atoms with van der Waals surface area (Å²) in [5, 5.41) is 6.81. The Labute approximate surface area is 134 Å². The van der Waals surface area contributed by atoms with E-state index in [1.807, 2.05) is 0 Å². The van der Waals surface area contributed by atoms with Crippen LogP contribution in [0, 0.1) is 0 Å². The number of hydrogen-bond donors (Lipinski definition) is 2. The molecular weight excluding hydrogens is 274 g/mol. The van der Waals surface area contributed by atoms with E-state index in [0.717, 1.165) is 57.4 Å². The van der Waals surface area contributed by atoms with Crippen LogP contribution in [-0.2, 0) is 0 Å². The molecule has 122 valence electrons. The van der Waals surface area contributed by atoms with Crippen molar-refractivity contribution in [2.75, 3.05) is 52.4 Å². The predicted molar refractivity (Wildman–Crippen MR) is 90.7 cm³/mol. The molecule has 0 bridgehead atoms. The molecule has 2 saturated heterocycles. The molecule has 4 heteroatoms. The smallest absolute Gasteiger partial charge is 0.119 e. The van der Waals surface area contributed by atoms with Crippen LogP contribution in [0.15, 0.2) is 24.3 Å². The van der Waals surface area contributed by atoms with Gasteiger partial charge in [0.25, 0.3) is 0 Å². The zero-order valence-corrected chi connectivity index (χ0v) is 13.5. The second-order valence-corrected chi connectivity index (χ2v) is 6.39. The maximum Gasteiger partial charge on any atom is 0.119 e. The fourth-order valence-corrected chi connectivity index (χ4v) is 3.40. The minimum absolute atomic E-state index is 0.725. The van der Waals surface area contributed by atoms with E-state index in [9.17, 15) is 0 Å². The van der Waals surface area contributed by atoms with E-state index >= 15 is 0 Å². The monoisotopic (exact) mass is 303 g/mol. The summed E-state index contributed by atoms with van der Waals surface area (Å²) in [4.78, 5) is 2.51. The van der Waals surface area contributed by atoms with Gasteiger partial charge in [0.2, 0.25) is 0 Å². The van der Waals surface area contributed by atoms with Crippen LogP contribution in [0.1, 0.15) is 30.7 Å². The van der Waals surface area contributed by atoms with Gasteiger partial charge in [-0.2, -0.15) is 0 Å². The molecule has 22 heavy (non-hydrogen) atoms. The maximum absolute atomic E-state index is 5.88. The second kappa shape index (κ2) is 8.51. The second-order valence-electron chi connectivity index (χ2n) is 6.39. The Hall–Kier alpha value is -1.10. The number of ether oxygens (including phenoxy) is 1. The zero-order chi connectivity index (χ0) is 15.0. The summed E-state index contributed by atoms with van der Waals surface area (Å²) in [6.07, 6.45) is 3.62. The van der Waals surface area contributed by atoms with Crippen LogP contribution in [0.5, 0.6) is 5.75 Å². The first-order valence-electron chi connectivity index (χ1n) is 8.78. The van der Waals surface area contributed by atoms with Crippen LogP contribution in [0.2, 0.25) is 0 Å². The normalized spacial score (nSPS) is 20.9. The summed E-state index contributed by atoms with van der Waals surface area (Å²) >= 11 is 0. The molecule has 0 saturated carbocycles. The van der Waals surface area contributed by atoms with Crippen LogP contribution < -0.4 is 15.4 Å². The minimum atomic E-state index is 0.725. The molecule has 2 aliphatic rings. The molecule has 0 aliphatic carbocycles. The van der Waals surface area contributed by atoms with Crippen LogP contribution >= 0.6 is 0 Å².